The van der Waals surface area contributed by atoms with Crippen LogP contribution in [0, 0.1) is 0 Å². The lowest BCUT2D eigenvalue weighted by molar-refractivity contribution is -0.176. The largest absolute Gasteiger partial charge is 0.469 e. The Kier molecular flexibility index (Phi) is 4.57. The number of esters is 1. The average molecular weight is 340 g/mol. The van der Waals surface area contributed by atoms with Crippen molar-refractivity contribution in [2.45, 2.75) is 25.2 Å². The van der Waals surface area contributed by atoms with Crippen molar-refractivity contribution in [3.05, 3.63) is 34.3 Å². The number of carbonyl (C=O) groups excluding carboxylic acids is 2. The van der Waals surface area contributed by atoms with Crippen LogP contribution in [0.1, 0.15) is 28.8 Å². The van der Waals surface area contributed by atoms with Crippen LogP contribution >= 0.6 is 11.6 Å². The van der Waals surface area contributed by atoms with Crippen molar-refractivity contribution >= 4 is 23.5 Å². The minimum Gasteiger partial charge on any atom is -0.469 e. The van der Waals surface area contributed by atoms with Crippen LogP contribution < -0.4 is 0 Å². The van der Waals surface area contributed by atoms with Crippen LogP contribution in [0.3, 0.4) is 0 Å². The summed E-state index contributed by atoms with van der Waals surface area (Å²) in [5, 5.41) is 0.535. The summed E-state index contributed by atoms with van der Waals surface area (Å²) in [6.45, 7) is 1.65. The second-order valence-electron chi connectivity index (χ2n) is 5.65. The zero-order valence-corrected chi connectivity index (χ0v) is 13.6. The smallest absolute Gasteiger partial charge is 0.305 e. The first-order chi connectivity index (χ1) is 11.0. The SMILES string of the molecule is COC(=O)CCC1(CN2Cc3ccc(Cl)cc3C2=O)OCCO1. The second kappa shape index (κ2) is 6.47. The highest BCUT2D eigenvalue weighted by Gasteiger charge is 2.42. The van der Waals surface area contributed by atoms with Gasteiger partial charge >= 0.3 is 5.97 Å². The van der Waals surface area contributed by atoms with E-state index in [4.69, 9.17) is 21.1 Å². The van der Waals surface area contributed by atoms with E-state index < -0.39 is 5.79 Å². The van der Waals surface area contributed by atoms with E-state index in [9.17, 15) is 9.59 Å². The minimum atomic E-state index is -0.949. The standard InChI is InChI=1S/C16H18ClNO5/c1-21-14(19)4-5-16(22-6-7-23-16)10-18-9-11-2-3-12(17)8-13(11)15(18)20/h2-3,8H,4-7,9-10H2,1H3. The number of rotatable bonds is 5. The second-order valence-corrected chi connectivity index (χ2v) is 6.08. The topological polar surface area (TPSA) is 65.1 Å². The molecule has 0 atom stereocenters. The molecule has 0 bridgehead atoms. The van der Waals surface area contributed by atoms with Crippen LogP contribution in [0.4, 0.5) is 0 Å². The van der Waals surface area contributed by atoms with Crippen molar-refractivity contribution in [2.75, 3.05) is 26.9 Å². The first-order valence-electron chi connectivity index (χ1n) is 7.45. The molecule has 2 aliphatic heterocycles. The van der Waals surface area contributed by atoms with E-state index in [-0.39, 0.29) is 24.8 Å². The van der Waals surface area contributed by atoms with E-state index in [2.05, 4.69) is 4.74 Å². The molecule has 23 heavy (non-hydrogen) atoms. The maximum atomic E-state index is 12.5. The van der Waals surface area contributed by atoms with E-state index >= 15 is 0 Å². The van der Waals surface area contributed by atoms with E-state index in [0.717, 1.165) is 5.56 Å². The quantitative estimate of drug-likeness (QED) is 0.768. The number of hydrogen-bond donors (Lipinski definition) is 0. The fraction of sp³-hybridized carbons (Fsp3) is 0.500. The Hall–Kier alpha value is -1.63. The van der Waals surface area contributed by atoms with E-state index in [1.807, 2.05) is 6.07 Å². The molecular weight excluding hydrogens is 322 g/mol. The molecule has 0 saturated carbocycles. The predicted octanol–water partition coefficient (Wildman–Crippen LogP) is 1.99. The molecule has 1 fully saturated rings. The molecule has 0 aromatic heterocycles. The summed E-state index contributed by atoms with van der Waals surface area (Å²) in [5.74, 6) is -1.37. The molecule has 2 aliphatic rings. The molecule has 0 radical (unpaired) electrons. The van der Waals surface area contributed by atoms with Crippen LogP contribution in [0.2, 0.25) is 5.02 Å². The van der Waals surface area contributed by atoms with Crippen molar-refractivity contribution in [1.82, 2.24) is 4.90 Å². The molecule has 7 heteroatoms. The molecule has 0 N–H and O–H groups in total. The van der Waals surface area contributed by atoms with Gasteiger partial charge in [0, 0.05) is 23.6 Å². The van der Waals surface area contributed by atoms with Crippen molar-refractivity contribution < 1.29 is 23.8 Å². The van der Waals surface area contributed by atoms with E-state index in [1.54, 1.807) is 17.0 Å². The molecule has 1 amide bonds. The zero-order chi connectivity index (χ0) is 16.4. The Balaban J connectivity index is 1.72. The fourth-order valence-electron chi connectivity index (χ4n) is 2.96. The summed E-state index contributed by atoms with van der Waals surface area (Å²) in [5.41, 5.74) is 1.54. The Labute approximate surface area is 139 Å². The molecule has 124 valence electrons. The van der Waals surface area contributed by atoms with Gasteiger partial charge in [-0.05, 0) is 17.7 Å². The number of halogens is 1. The van der Waals surface area contributed by atoms with Crippen molar-refractivity contribution in [3.63, 3.8) is 0 Å². The van der Waals surface area contributed by atoms with Gasteiger partial charge in [0.25, 0.3) is 5.91 Å². The van der Waals surface area contributed by atoms with Crippen molar-refractivity contribution in [3.8, 4) is 0 Å². The van der Waals surface area contributed by atoms with Crippen molar-refractivity contribution in [2.24, 2.45) is 0 Å². The molecule has 2 heterocycles. The highest BCUT2D eigenvalue weighted by molar-refractivity contribution is 6.31. The van der Waals surface area contributed by atoms with Crippen LogP contribution in [0.25, 0.3) is 0 Å². The van der Waals surface area contributed by atoms with E-state index in [1.165, 1.54) is 7.11 Å². The van der Waals surface area contributed by atoms with E-state index in [0.29, 0.717) is 36.8 Å². The highest BCUT2D eigenvalue weighted by Crippen LogP contribution is 2.31. The van der Waals surface area contributed by atoms with Gasteiger partial charge in [0.05, 0.1) is 33.3 Å². The first-order valence-corrected chi connectivity index (χ1v) is 7.83. The number of nitrogens with zero attached hydrogens (tertiary/aromatic N) is 1. The Morgan fingerprint density at radius 1 is 1.39 bits per heavy atom. The summed E-state index contributed by atoms with van der Waals surface area (Å²) in [7, 11) is 1.34. The Morgan fingerprint density at radius 3 is 2.83 bits per heavy atom. The summed E-state index contributed by atoms with van der Waals surface area (Å²) >= 11 is 5.96. The van der Waals surface area contributed by atoms with Crippen LogP contribution in [-0.2, 0) is 25.5 Å². The van der Waals surface area contributed by atoms with Gasteiger partial charge < -0.3 is 19.1 Å². The van der Waals surface area contributed by atoms with Gasteiger partial charge in [-0.3, -0.25) is 9.59 Å². The number of methoxy groups -OCH3 is 1. The number of hydrogen-bond acceptors (Lipinski definition) is 5. The number of benzene rings is 1. The number of amides is 1. The molecule has 0 unspecified atom stereocenters. The first kappa shape index (κ1) is 16.2. The zero-order valence-electron chi connectivity index (χ0n) is 12.8. The van der Waals surface area contributed by atoms with Gasteiger partial charge in [0.2, 0.25) is 0 Å². The lowest BCUT2D eigenvalue weighted by Crippen LogP contribution is -2.44. The van der Waals surface area contributed by atoms with Gasteiger partial charge in [-0.1, -0.05) is 17.7 Å². The van der Waals surface area contributed by atoms with Gasteiger partial charge in [-0.25, -0.2) is 0 Å². The Morgan fingerprint density at radius 2 is 2.13 bits per heavy atom. The van der Waals surface area contributed by atoms with Crippen LogP contribution in [-0.4, -0.2) is 49.4 Å². The summed E-state index contributed by atoms with van der Waals surface area (Å²) in [6.07, 6.45) is 0.526. The molecule has 1 aromatic carbocycles. The number of ether oxygens (including phenoxy) is 3. The van der Waals surface area contributed by atoms with Gasteiger partial charge in [0.15, 0.2) is 5.79 Å². The molecule has 6 nitrogen and oxygen atoms in total. The third-order valence-corrected chi connectivity index (χ3v) is 4.37. The fourth-order valence-corrected chi connectivity index (χ4v) is 3.13. The predicted molar refractivity (Wildman–Crippen MR) is 82.1 cm³/mol. The molecule has 1 aromatic rings. The van der Waals surface area contributed by atoms with Crippen molar-refractivity contribution in [1.29, 1.82) is 0 Å². The van der Waals surface area contributed by atoms with Gasteiger partial charge in [-0.2, -0.15) is 0 Å². The van der Waals surface area contributed by atoms with Crippen LogP contribution in [0.15, 0.2) is 18.2 Å². The molecule has 0 spiro atoms. The van der Waals surface area contributed by atoms with Crippen LogP contribution in [0.5, 0.6) is 0 Å². The molecule has 0 aliphatic carbocycles. The third kappa shape index (κ3) is 3.34. The normalized spacial score (nSPS) is 19.0. The highest BCUT2D eigenvalue weighted by atomic mass is 35.5. The number of fused-ring (bicyclic) bond motifs is 1. The Bertz CT molecular complexity index is 627. The molecular formula is C16H18ClNO5. The monoisotopic (exact) mass is 339 g/mol. The van der Waals surface area contributed by atoms with Gasteiger partial charge in [-0.15, -0.1) is 0 Å². The summed E-state index contributed by atoms with van der Waals surface area (Å²) in [4.78, 5) is 25.6. The summed E-state index contributed by atoms with van der Waals surface area (Å²) in [6, 6.07) is 5.30. The molecule has 3 rings (SSSR count). The average Bonchev–Trinajstić information content (AvgIpc) is 3.12. The lowest BCUT2D eigenvalue weighted by Gasteiger charge is -2.31. The maximum Gasteiger partial charge on any atom is 0.305 e. The molecule has 1 saturated heterocycles. The van der Waals surface area contributed by atoms with Gasteiger partial charge in [0.1, 0.15) is 0 Å². The number of carbonyl (C=O) groups is 2. The third-order valence-electron chi connectivity index (χ3n) is 4.13. The minimum absolute atomic E-state index is 0.0981. The maximum absolute atomic E-state index is 12.5. The summed E-state index contributed by atoms with van der Waals surface area (Å²) < 4.78 is 16.1. The lowest BCUT2D eigenvalue weighted by atomic mass is 10.1.